The average molecular weight is 313 g/mol. The first-order valence-corrected chi connectivity index (χ1v) is 7.86. The van der Waals surface area contributed by atoms with Crippen LogP contribution in [0.15, 0.2) is 51.6 Å². The van der Waals surface area contributed by atoms with Gasteiger partial charge in [0.2, 0.25) is 17.7 Å². The minimum Gasteiger partial charge on any atom is -0.420 e. The van der Waals surface area contributed by atoms with Crippen LogP contribution in [0, 0.1) is 0 Å². The maximum Gasteiger partial charge on any atom is 0.248 e. The van der Waals surface area contributed by atoms with Gasteiger partial charge in [0.25, 0.3) is 0 Å². The average Bonchev–Trinajstić information content (AvgIpc) is 3.19. The lowest BCUT2D eigenvalue weighted by Gasteiger charge is -2.13. The Labute approximate surface area is 132 Å². The van der Waals surface area contributed by atoms with E-state index in [4.69, 9.17) is 4.42 Å². The van der Waals surface area contributed by atoms with Crippen LogP contribution in [0.25, 0.3) is 11.5 Å². The van der Waals surface area contributed by atoms with E-state index < -0.39 is 0 Å². The van der Waals surface area contributed by atoms with Crippen molar-refractivity contribution in [3.05, 3.63) is 58.6 Å². The number of carbonyl (C=O) groups excluding carboxylic acids is 1. The Morgan fingerprint density at radius 2 is 2.09 bits per heavy atom. The minimum atomic E-state index is -0.142. The van der Waals surface area contributed by atoms with Crippen molar-refractivity contribution < 1.29 is 9.21 Å². The number of nitrogens with one attached hydrogen (secondary N) is 1. The van der Waals surface area contributed by atoms with Crippen molar-refractivity contribution >= 4 is 17.2 Å². The zero-order valence-electron chi connectivity index (χ0n) is 12.0. The van der Waals surface area contributed by atoms with E-state index in [1.165, 1.54) is 0 Å². The first kappa shape index (κ1) is 14.5. The smallest absolute Gasteiger partial charge is 0.248 e. The minimum absolute atomic E-state index is 0.0621. The summed E-state index contributed by atoms with van der Waals surface area (Å²) in [5.41, 5.74) is 1.93. The van der Waals surface area contributed by atoms with Crippen LogP contribution in [0.1, 0.15) is 24.4 Å². The summed E-state index contributed by atoms with van der Waals surface area (Å²) >= 11 is 1.56. The molecular weight excluding hydrogens is 298 g/mol. The highest BCUT2D eigenvalue weighted by atomic mass is 32.1. The molecule has 0 bridgehead atoms. The summed E-state index contributed by atoms with van der Waals surface area (Å²) < 4.78 is 5.51. The second-order valence-corrected chi connectivity index (χ2v) is 5.67. The molecule has 1 amide bonds. The molecule has 0 aliphatic rings. The number of thiophene rings is 1. The van der Waals surface area contributed by atoms with Crippen molar-refractivity contribution in [3.8, 4) is 11.5 Å². The van der Waals surface area contributed by atoms with Gasteiger partial charge in [0, 0.05) is 10.9 Å². The molecule has 1 atom stereocenters. The highest BCUT2D eigenvalue weighted by molar-refractivity contribution is 7.08. The van der Waals surface area contributed by atoms with Crippen molar-refractivity contribution in [2.45, 2.75) is 19.4 Å². The zero-order chi connectivity index (χ0) is 15.4. The Hall–Kier alpha value is -2.47. The summed E-state index contributed by atoms with van der Waals surface area (Å²) in [6.07, 6.45) is 0.0777. The lowest BCUT2D eigenvalue weighted by molar-refractivity contribution is -0.121. The van der Waals surface area contributed by atoms with Crippen molar-refractivity contribution in [3.63, 3.8) is 0 Å². The van der Waals surface area contributed by atoms with E-state index in [2.05, 4.69) is 15.5 Å². The van der Waals surface area contributed by atoms with Gasteiger partial charge in [-0.05, 0) is 23.9 Å². The third-order valence-corrected chi connectivity index (χ3v) is 3.91. The molecule has 22 heavy (non-hydrogen) atoms. The Bertz CT molecular complexity index is 738. The topological polar surface area (TPSA) is 68.0 Å². The van der Waals surface area contributed by atoms with E-state index in [0.29, 0.717) is 11.8 Å². The van der Waals surface area contributed by atoms with Gasteiger partial charge in [-0.1, -0.05) is 30.3 Å². The number of rotatable bonds is 5. The number of hydrogen-bond acceptors (Lipinski definition) is 5. The van der Waals surface area contributed by atoms with Crippen LogP contribution in [-0.4, -0.2) is 16.1 Å². The highest BCUT2D eigenvalue weighted by Crippen LogP contribution is 2.20. The van der Waals surface area contributed by atoms with Crippen LogP contribution in [-0.2, 0) is 11.2 Å². The van der Waals surface area contributed by atoms with Gasteiger partial charge in [-0.25, -0.2) is 0 Å². The van der Waals surface area contributed by atoms with Crippen LogP contribution in [0.2, 0.25) is 0 Å². The monoisotopic (exact) mass is 313 g/mol. The molecule has 1 aromatic carbocycles. The van der Waals surface area contributed by atoms with Gasteiger partial charge in [-0.15, -0.1) is 10.2 Å². The molecule has 0 fully saturated rings. The second kappa shape index (κ2) is 6.53. The fourth-order valence-corrected chi connectivity index (χ4v) is 2.71. The van der Waals surface area contributed by atoms with Gasteiger partial charge in [-0.2, -0.15) is 11.3 Å². The standard InChI is InChI=1S/C16H15N3O2S/c1-11(12-5-3-2-4-6-12)17-14(20)9-15-18-19-16(21-15)13-7-8-22-10-13/h2-8,10-11H,9H2,1H3,(H,17,20)/t11-/m1/s1. The predicted octanol–water partition coefficient (Wildman–Crippen LogP) is 3.22. The van der Waals surface area contributed by atoms with Crippen LogP contribution in [0.3, 0.4) is 0 Å². The summed E-state index contributed by atoms with van der Waals surface area (Å²) in [5.74, 6) is 0.621. The molecule has 2 heterocycles. The molecule has 2 aromatic heterocycles. The Kier molecular flexibility index (Phi) is 4.29. The first-order chi connectivity index (χ1) is 10.7. The maximum absolute atomic E-state index is 12.1. The molecule has 0 aliphatic carbocycles. The number of nitrogens with zero attached hydrogens (tertiary/aromatic N) is 2. The number of carbonyl (C=O) groups is 1. The number of aromatic nitrogens is 2. The molecule has 0 aliphatic heterocycles. The molecule has 6 heteroatoms. The Balaban J connectivity index is 1.60. The zero-order valence-corrected chi connectivity index (χ0v) is 12.8. The van der Waals surface area contributed by atoms with E-state index in [0.717, 1.165) is 11.1 Å². The molecular formula is C16H15N3O2S. The van der Waals surface area contributed by atoms with Crippen LogP contribution >= 0.6 is 11.3 Å². The molecule has 3 aromatic rings. The second-order valence-electron chi connectivity index (χ2n) is 4.89. The molecule has 0 spiro atoms. The van der Waals surface area contributed by atoms with Gasteiger partial charge in [0.1, 0.15) is 6.42 Å². The molecule has 5 nitrogen and oxygen atoms in total. The van der Waals surface area contributed by atoms with Crippen LogP contribution in [0.4, 0.5) is 0 Å². The van der Waals surface area contributed by atoms with E-state index >= 15 is 0 Å². The molecule has 0 saturated heterocycles. The molecule has 0 radical (unpaired) electrons. The lowest BCUT2D eigenvalue weighted by Crippen LogP contribution is -2.28. The Morgan fingerprint density at radius 3 is 2.82 bits per heavy atom. The van der Waals surface area contributed by atoms with Crippen LogP contribution < -0.4 is 5.32 Å². The van der Waals surface area contributed by atoms with Gasteiger partial charge < -0.3 is 9.73 Å². The molecule has 0 unspecified atom stereocenters. The summed E-state index contributed by atoms with van der Waals surface area (Å²) in [5, 5.41) is 14.7. The third-order valence-electron chi connectivity index (χ3n) is 3.22. The summed E-state index contributed by atoms with van der Waals surface area (Å²) in [7, 11) is 0. The summed E-state index contributed by atoms with van der Waals surface area (Å²) in [6.45, 7) is 1.94. The van der Waals surface area contributed by atoms with Crippen molar-refractivity contribution in [1.29, 1.82) is 0 Å². The first-order valence-electron chi connectivity index (χ1n) is 6.91. The van der Waals surface area contributed by atoms with Gasteiger partial charge >= 0.3 is 0 Å². The fourth-order valence-electron chi connectivity index (χ4n) is 2.08. The number of benzene rings is 1. The molecule has 3 rings (SSSR count). The molecule has 112 valence electrons. The normalized spacial score (nSPS) is 12.0. The summed E-state index contributed by atoms with van der Waals surface area (Å²) in [4.78, 5) is 12.1. The molecule has 1 N–H and O–H groups in total. The summed E-state index contributed by atoms with van der Waals surface area (Å²) in [6, 6.07) is 11.6. The van der Waals surface area contributed by atoms with Crippen molar-refractivity contribution in [1.82, 2.24) is 15.5 Å². The third kappa shape index (κ3) is 3.40. The number of amides is 1. The van der Waals surface area contributed by atoms with Crippen LogP contribution in [0.5, 0.6) is 0 Å². The van der Waals surface area contributed by atoms with E-state index in [9.17, 15) is 4.79 Å². The van der Waals surface area contributed by atoms with Gasteiger partial charge in [-0.3, -0.25) is 4.79 Å². The quantitative estimate of drug-likeness (QED) is 0.785. The lowest BCUT2D eigenvalue weighted by atomic mass is 10.1. The van der Waals surface area contributed by atoms with Gasteiger partial charge in [0.05, 0.1) is 6.04 Å². The SMILES string of the molecule is C[C@@H](NC(=O)Cc1nnc(-c2ccsc2)o1)c1ccccc1. The van der Waals surface area contributed by atoms with Crippen molar-refractivity contribution in [2.24, 2.45) is 0 Å². The highest BCUT2D eigenvalue weighted by Gasteiger charge is 2.14. The fraction of sp³-hybridized carbons (Fsp3) is 0.188. The largest absolute Gasteiger partial charge is 0.420 e. The van der Waals surface area contributed by atoms with E-state index in [1.807, 2.05) is 54.1 Å². The van der Waals surface area contributed by atoms with Crippen molar-refractivity contribution in [2.75, 3.05) is 0 Å². The Morgan fingerprint density at radius 1 is 1.27 bits per heavy atom. The molecule has 0 saturated carbocycles. The number of hydrogen-bond donors (Lipinski definition) is 1. The van der Waals surface area contributed by atoms with Gasteiger partial charge in [0.15, 0.2) is 0 Å². The van der Waals surface area contributed by atoms with E-state index in [-0.39, 0.29) is 18.4 Å². The van der Waals surface area contributed by atoms with E-state index in [1.54, 1.807) is 11.3 Å². The predicted molar refractivity (Wildman–Crippen MR) is 84.3 cm³/mol. The maximum atomic E-state index is 12.1.